The summed E-state index contributed by atoms with van der Waals surface area (Å²) in [5.74, 6) is 0. The van der Waals surface area contributed by atoms with E-state index >= 15 is 0 Å². The van der Waals surface area contributed by atoms with E-state index in [2.05, 4.69) is 20.7 Å². The number of aryl methyl sites for hydroxylation is 1. The number of hydrogen-bond donors (Lipinski definition) is 1. The first-order chi connectivity index (χ1) is 8.47. The number of benzene rings is 2. The number of hydrogen-bond acceptors (Lipinski definition) is 2. The molecule has 2 aromatic rings. The van der Waals surface area contributed by atoms with Gasteiger partial charge in [0.2, 0.25) is 0 Å². The molecule has 0 fully saturated rings. The zero-order valence-electron chi connectivity index (χ0n) is 9.72. The lowest BCUT2D eigenvalue weighted by atomic mass is 10.2. The molecule has 0 aliphatic carbocycles. The van der Waals surface area contributed by atoms with E-state index in [1.165, 1.54) is 0 Å². The highest BCUT2D eigenvalue weighted by Crippen LogP contribution is 2.19. The third-order valence-corrected chi connectivity index (χ3v) is 4.25. The summed E-state index contributed by atoms with van der Waals surface area (Å²) < 4.78 is 27.6. The van der Waals surface area contributed by atoms with E-state index in [4.69, 9.17) is 0 Å². The number of anilines is 1. The predicted molar refractivity (Wildman–Crippen MR) is 76.1 cm³/mol. The summed E-state index contributed by atoms with van der Waals surface area (Å²) in [7, 11) is -3.53. The molecule has 94 valence electrons. The zero-order chi connectivity index (χ0) is 13.2. The summed E-state index contributed by atoms with van der Waals surface area (Å²) in [6.45, 7) is 1.91. The fraction of sp³-hybridized carbons (Fsp3) is 0.0769. The second-order valence-corrected chi connectivity index (χ2v) is 6.53. The lowest BCUT2D eigenvalue weighted by Crippen LogP contribution is -2.12. The van der Waals surface area contributed by atoms with E-state index < -0.39 is 10.0 Å². The van der Waals surface area contributed by atoms with Crippen molar-refractivity contribution in [2.45, 2.75) is 11.8 Å². The molecule has 2 aromatic carbocycles. The van der Waals surface area contributed by atoms with E-state index in [0.717, 1.165) is 10.0 Å². The van der Waals surface area contributed by atoms with Crippen LogP contribution in [-0.2, 0) is 10.0 Å². The first kappa shape index (κ1) is 13.1. The molecule has 1 N–H and O–H groups in total. The quantitative estimate of drug-likeness (QED) is 0.937. The van der Waals surface area contributed by atoms with Crippen molar-refractivity contribution in [1.29, 1.82) is 0 Å². The van der Waals surface area contributed by atoms with Gasteiger partial charge in [0.25, 0.3) is 10.0 Å². The second-order valence-electron chi connectivity index (χ2n) is 3.93. The molecule has 0 atom stereocenters. The molecule has 0 amide bonds. The smallest absolute Gasteiger partial charge is 0.261 e. The van der Waals surface area contributed by atoms with Crippen molar-refractivity contribution < 1.29 is 8.42 Å². The molecule has 3 nitrogen and oxygen atoms in total. The Balaban J connectivity index is 2.33. The average molecular weight is 326 g/mol. The van der Waals surface area contributed by atoms with Crippen LogP contribution in [-0.4, -0.2) is 8.42 Å². The molecular weight excluding hydrogens is 314 g/mol. The lowest BCUT2D eigenvalue weighted by Gasteiger charge is -2.08. The Morgan fingerprint density at radius 3 is 2.44 bits per heavy atom. The van der Waals surface area contributed by atoms with Gasteiger partial charge in [-0.3, -0.25) is 4.72 Å². The normalized spacial score (nSPS) is 11.2. The van der Waals surface area contributed by atoms with Crippen molar-refractivity contribution in [2.75, 3.05) is 4.72 Å². The summed E-state index contributed by atoms with van der Waals surface area (Å²) in [6, 6.07) is 13.8. The van der Waals surface area contributed by atoms with E-state index in [-0.39, 0.29) is 4.90 Å². The largest absolute Gasteiger partial charge is 0.280 e. The highest BCUT2D eigenvalue weighted by atomic mass is 79.9. The number of nitrogens with one attached hydrogen (secondary N) is 1. The number of rotatable bonds is 3. The third-order valence-electron chi connectivity index (χ3n) is 2.38. The molecule has 0 saturated heterocycles. The fourth-order valence-corrected chi connectivity index (χ4v) is 3.20. The molecule has 18 heavy (non-hydrogen) atoms. The second kappa shape index (κ2) is 5.12. The summed E-state index contributed by atoms with van der Waals surface area (Å²) in [5, 5.41) is 0. The van der Waals surface area contributed by atoms with Gasteiger partial charge in [0.1, 0.15) is 0 Å². The van der Waals surface area contributed by atoms with Crippen LogP contribution in [0.1, 0.15) is 5.56 Å². The average Bonchev–Trinajstić information content (AvgIpc) is 2.28. The Morgan fingerprint density at radius 2 is 1.78 bits per heavy atom. The SMILES string of the molecule is Cc1cccc(NS(=O)(=O)c2cccc(Br)c2)c1. The first-order valence-electron chi connectivity index (χ1n) is 5.32. The van der Waals surface area contributed by atoms with Gasteiger partial charge >= 0.3 is 0 Å². The van der Waals surface area contributed by atoms with Crippen LogP contribution in [0, 0.1) is 6.92 Å². The van der Waals surface area contributed by atoms with E-state index in [1.54, 1.807) is 36.4 Å². The predicted octanol–water partition coefficient (Wildman–Crippen LogP) is 3.56. The van der Waals surface area contributed by atoms with Crippen LogP contribution in [0.5, 0.6) is 0 Å². The van der Waals surface area contributed by atoms with Gasteiger partial charge in [-0.2, -0.15) is 0 Å². The molecular formula is C13H12BrNO2S. The van der Waals surface area contributed by atoms with Crippen molar-refractivity contribution in [3.8, 4) is 0 Å². The van der Waals surface area contributed by atoms with Gasteiger partial charge in [-0.15, -0.1) is 0 Å². The summed E-state index contributed by atoms with van der Waals surface area (Å²) >= 11 is 3.26. The minimum atomic E-state index is -3.53. The molecule has 0 aliphatic rings. The van der Waals surface area contributed by atoms with Gasteiger partial charge in [-0.05, 0) is 42.8 Å². The number of sulfonamides is 1. The van der Waals surface area contributed by atoms with Crippen molar-refractivity contribution in [3.05, 3.63) is 58.6 Å². The van der Waals surface area contributed by atoms with Gasteiger partial charge in [0.05, 0.1) is 4.90 Å². The maximum absolute atomic E-state index is 12.1. The molecule has 0 bridgehead atoms. The molecule has 0 aromatic heterocycles. The van der Waals surface area contributed by atoms with Crippen LogP contribution in [0.3, 0.4) is 0 Å². The van der Waals surface area contributed by atoms with Crippen molar-refractivity contribution in [1.82, 2.24) is 0 Å². The number of halogens is 1. The molecule has 5 heteroatoms. The van der Waals surface area contributed by atoms with E-state index in [0.29, 0.717) is 5.69 Å². The summed E-state index contributed by atoms with van der Waals surface area (Å²) in [6.07, 6.45) is 0. The van der Waals surface area contributed by atoms with Crippen LogP contribution in [0.2, 0.25) is 0 Å². The molecule has 0 radical (unpaired) electrons. The Labute approximate surface area is 115 Å². The van der Waals surface area contributed by atoms with Crippen molar-refractivity contribution in [3.63, 3.8) is 0 Å². The Bertz CT molecular complexity index is 668. The summed E-state index contributed by atoms with van der Waals surface area (Å²) in [4.78, 5) is 0.235. The Morgan fingerprint density at radius 1 is 1.06 bits per heavy atom. The van der Waals surface area contributed by atoms with Crippen LogP contribution in [0.4, 0.5) is 5.69 Å². The zero-order valence-corrected chi connectivity index (χ0v) is 12.1. The van der Waals surface area contributed by atoms with Crippen LogP contribution in [0.15, 0.2) is 57.9 Å². The Kier molecular flexibility index (Phi) is 3.73. The Hall–Kier alpha value is -1.33. The van der Waals surface area contributed by atoms with Gasteiger partial charge in [-0.1, -0.05) is 34.1 Å². The first-order valence-corrected chi connectivity index (χ1v) is 7.60. The topological polar surface area (TPSA) is 46.2 Å². The minimum Gasteiger partial charge on any atom is -0.280 e. The molecule has 0 heterocycles. The van der Waals surface area contributed by atoms with E-state index in [1.807, 2.05) is 19.1 Å². The maximum Gasteiger partial charge on any atom is 0.261 e. The van der Waals surface area contributed by atoms with Crippen LogP contribution >= 0.6 is 15.9 Å². The third kappa shape index (κ3) is 3.11. The molecule has 0 aliphatic heterocycles. The monoisotopic (exact) mass is 325 g/mol. The van der Waals surface area contributed by atoms with E-state index in [9.17, 15) is 8.42 Å². The highest BCUT2D eigenvalue weighted by molar-refractivity contribution is 9.10. The van der Waals surface area contributed by atoms with Gasteiger partial charge in [-0.25, -0.2) is 8.42 Å². The van der Waals surface area contributed by atoms with Gasteiger partial charge in [0.15, 0.2) is 0 Å². The fourth-order valence-electron chi connectivity index (χ4n) is 1.56. The van der Waals surface area contributed by atoms with Crippen LogP contribution in [0.25, 0.3) is 0 Å². The standard InChI is InChI=1S/C13H12BrNO2S/c1-10-4-2-6-12(8-10)15-18(16,17)13-7-3-5-11(14)9-13/h2-9,15H,1H3. The maximum atomic E-state index is 12.1. The minimum absolute atomic E-state index is 0.235. The summed E-state index contributed by atoms with van der Waals surface area (Å²) in [5.41, 5.74) is 1.57. The van der Waals surface area contributed by atoms with Crippen LogP contribution < -0.4 is 4.72 Å². The molecule has 0 unspecified atom stereocenters. The molecule has 0 spiro atoms. The van der Waals surface area contributed by atoms with Crippen molar-refractivity contribution >= 4 is 31.6 Å². The lowest BCUT2D eigenvalue weighted by molar-refractivity contribution is 0.601. The van der Waals surface area contributed by atoms with Crippen molar-refractivity contribution in [2.24, 2.45) is 0 Å². The molecule has 2 rings (SSSR count). The van der Waals surface area contributed by atoms with Gasteiger partial charge in [0, 0.05) is 10.2 Å². The van der Waals surface area contributed by atoms with Gasteiger partial charge < -0.3 is 0 Å². The molecule has 0 saturated carbocycles. The highest BCUT2D eigenvalue weighted by Gasteiger charge is 2.14.